The first-order valence-electron chi connectivity index (χ1n) is 7.47. The number of hydrogen-bond donors (Lipinski definition) is 0. The van der Waals surface area contributed by atoms with Gasteiger partial charge < -0.3 is 4.90 Å². The van der Waals surface area contributed by atoms with Crippen LogP contribution in [-0.2, 0) is 26.4 Å². The van der Waals surface area contributed by atoms with E-state index in [-0.39, 0.29) is 0 Å². The van der Waals surface area contributed by atoms with Crippen LogP contribution < -0.4 is 4.90 Å². The first-order chi connectivity index (χ1) is 10.8. The van der Waals surface area contributed by atoms with Gasteiger partial charge in [0.2, 0.25) is 0 Å². The fourth-order valence-electron chi connectivity index (χ4n) is 2.90. The molecule has 112 valence electrons. The molecule has 3 aromatic heterocycles. The van der Waals surface area contributed by atoms with E-state index in [9.17, 15) is 0 Å². The summed E-state index contributed by atoms with van der Waals surface area (Å²) in [7, 11) is 1.89. The lowest BCUT2D eigenvalue weighted by molar-refractivity contribution is 0.686. The zero-order chi connectivity index (χ0) is 15.1. The van der Waals surface area contributed by atoms with Crippen LogP contribution in [0.15, 0.2) is 18.7 Å². The normalized spacial score (nSPS) is 14.4. The summed E-state index contributed by atoms with van der Waals surface area (Å²) in [5.41, 5.74) is 3.20. The molecule has 3 aromatic rings. The van der Waals surface area contributed by atoms with E-state index in [1.807, 2.05) is 19.4 Å². The highest BCUT2D eigenvalue weighted by molar-refractivity contribution is 5.86. The van der Waals surface area contributed by atoms with Crippen molar-refractivity contribution in [3.63, 3.8) is 0 Å². The SMILES string of the molecule is CCc1ncc2c(n1)CN(c1ncnc3c1cnn3C)CC2. The highest BCUT2D eigenvalue weighted by Crippen LogP contribution is 2.26. The van der Waals surface area contributed by atoms with E-state index in [2.05, 4.69) is 36.9 Å². The fourth-order valence-corrected chi connectivity index (χ4v) is 2.90. The number of fused-ring (bicyclic) bond motifs is 2. The molecule has 0 aromatic carbocycles. The highest BCUT2D eigenvalue weighted by atomic mass is 15.3. The first kappa shape index (κ1) is 13.1. The molecule has 0 amide bonds. The van der Waals surface area contributed by atoms with Gasteiger partial charge in [0.05, 0.1) is 23.8 Å². The first-order valence-corrected chi connectivity index (χ1v) is 7.47. The molecule has 22 heavy (non-hydrogen) atoms. The summed E-state index contributed by atoms with van der Waals surface area (Å²) in [4.78, 5) is 20.1. The zero-order valence-corrected chi connectivity index (χ0v) is 12.7. The Hall–Kier alpha value is -2.57. The molecular formula is C15H17N7. The Morgan fingerprint density at radius 1 is 1.18 bits per heavy atom. The Kier molecular flexibility index (Phi) is 2.99. The lowest BCUT2D eigenvalue weighted by Crippen LogP contribution is -2.32. The van der Waals surface area contributed by atoms with Crippen molar-refractivity contribution < 1.29 is 0 Å². The van der Waals surface area contributed by atoms with Crippen molar-refractivity contribution in [1.29, 1.82) is 0 Å². The van der Waals surface area contributed by atoms with Crippen LogP contribution in [0.5, 0.6) is 0 Å². The predicted molar refractivity (Wildman–Crippen MR) is 82.5 cm³/mol. The highest BCUT2D eigenvalue weighted by Gasteiger charge is 2.22. The van der Waals surface area contributed by atoms with E-state index in [4.69, 9.17) is 0 Å². The molecule has 0 fully saturated rings. The van der Waals surface area contributed by atoms with Crippen LogP contribution >= 0.6 is 0 Å². The van der Waals surface area contributed by atoms with Crippen LogP contribution in [0.2, 0.25) is 0 Å². The van der Waals surface area contributed by atoms with Gasteiger partial charge in [-0.1, -0.05) is 6.92 Å². The molecule has 7 nitrogen and oxygen atoms in total. The topological polar surface area (TPSA) is 72.6 Å². The van der Waals surface area contributed by atoms with Gasteiger partial charge in [-0.3, -0.25) is 4.68 Å². The molecular weight excluding hydrogens is 278 g/mol. The third-order valence-corrected chi connectivity index (χ3v) is 4.12. The monoisotopic (exact) mass is 295 g/mol. The van der Waals surface area contributed by atoms with Gasteiger partial charge in [0.25, 0.3) is 0 Å². The standard InChI is InChI=1S/C15H17N7/c1-3-13-16-6-10-4-5-22(8-12(10)20-13)15-11-7-19-21(2)14(11)17-9-18-15/h6-7,9H,3-5,8H2,1-2H3. The Morgan fingerprint density at radius 2 is 2.09 bits per heavy atom. The van der Waals surface area contributed by atoms with Crippen LogP contribution in [0.1, 0.15) is 24.0 Å². The average Bonchev–Trinajstić information content (AvgIpc) is 2.95. The summed E-state index contributed by atoms with van der Waals surface area (Å²) in [6, 6.07) is 0. The van der Waals surface area contributed by atoms with Crippen LogP contribution in [0.25, 0.3) is 11.0 Å². The molecule has 4 heterocycles. The van der Waals surface area contributed by atoms with Crippen molar-refractivity contribution in [2.24, 2.45) is 7.05 Å². The molecule has 0 spiro atoms. The maximum absolute atomic E-state index is 4.68. The lowest BCUT2D eigenvalue weighted by Gasteiger charge is -2.29. The zero-order valence-electron chi connectivity index (χ0n) is 12.7. The number of rotatable bonds is 2. The Labute approximate surface area is 128 Å². The molecule has 0 unspecified atom stereocenters. The second kappa shape index (κ2) is 5.01. The van der Waals surface area contributed by atoms with E-state index in [1.165, 1.54) is 5.56 Å². The Balaban J connectivity index is 1.74. The number of nitrogens with zero attached hydrogens (tertiary/aromatic N) is 7. The smallest absolute Gasteiger partial charge is 0.163 e. The molecule has 0 radical (unpaired) electrons. The Morgan fingerprint density at radius 3 is 2.95 bits per heavy atom. The number of hydrogen-bond acceptors (Lipinski definition) is 6. The third-order valence-electron chi connectivity index (χ3n) is 4.12. The maximum atomic E-state index is 4.68. The van der Waals surface area contributed by atoms with Gasteiger partial charge in [0, 0.05) is 26.2 Å². The second-order valence-corrected chi connectivity index (χ2v) is 5.49. The largest absolute Gasteiger partial charge is 0.350 e. The summed E-state index contributed by atoms with van der Waals surface area (Å²) in [5.74, 6) is 1.83. The van der Waals surface area contributed by atoms with Gasteiger partial charge in [-0.05, 0) is 12.0 Å². The van der Waals surface area contributed by atoms with Gasteiger partial charge in [-0.15, -0.1) is 0 Å². The maximum Gasteiger partial charge on any atom is 0.163 e. The van der Waals surface area contributed by atoms with Gasteiger partial charge >= 0.3 is 0 Å². The predicted octanol–water partition coefficient (Wildman–Crippen LogP) is 1.28. The molecule has 0 bridgehead atoms. The summed E-state index contributed by atoms with van der Waals surface area (Å²) < 4.78 is 1.77. The van der Waals surface area contributed by atoms with E-state index in [0.29, 0.717) is 0 Å². The molecule has 1 aliphatic heterocycles. The number of aryl methyl sites for hydroxylation is 2. The number of anilines is 1. The molecule has 0 atom stereocenters. The van der Waals surface area contributed by atoms with Crippen molar-refractivity contribution in [2.45, 2.75) is 26.3 Å². The van der Waals surface area contributed by atoms with Gasteiger partial charge in [0.15, 0.2) is 5.65 Å². The van der Waals surface area contributed by atoms with Gasteiger partial charge in [-0.2, -0.15) is 5.10 Å². The molecule has 4 rings (SSSR count). The third kappa shape index (κ3) is 2.01. The molecule has 0 saturated heterocycles. The summed E-state index contributed by atoms with van der Waals surface area (Å²) >= 11 is 0. The summed E-state index contributed by atoms with van der Waals surface area (Å²) in [6.45, 7) is 3.74. The van der Waals surface area contributed by atoms with Crippen molar-refractivity contribution >= 4 is 16.9 Å². The van der Waals surface area contributed by atoms with Gasteiger partial charge in [0.1, 0.15) is 18.0 Å². The van der Waals surface area contributed by atoms with Crippen molar-refractivity contribution in [3.8, 4) is 0 Å². The Bertz CT molecular complexity index is 839. The van der Waals surface area contributed by atoms with Crippen LogP contribution in [-0.4, -0.2) is 36.3 Å². The summed E-state index contributed by atoms with van der Waals surface area (Å²) in [5, 5.41) is 5.27. The average molecular weight is 295 g/mol. The van der Waals surface area contributed by atoms with E-state index in [0.717, 1.165) is 54.3 Å². The minimum Gasteiger partial charge on any atom is -0.350 e. The lowest BCUT2D eigenvalue weighted by atomic mass is 10.1. The van der Waals surface area contributed by atoms with Crippen LogP contribution in [0.4, 0.5) is 5.82 Å². The van der Waals surface area contributed by atoms with Gasteiger partial charge in [-0.25, -0.2) is 19.9 Å². The van der Waals surface area contributed by atoms with E-state index >= 15 is 0 Å². The second-order valence-electron chi connectivity index (χ2n) is 5.49. The summed E-state index contributed by atoms with van der Waals surface area (Å²) in [6.07, 6.45) is 7.20. The van der Waals surface area contributed by atoms with Crippen LogP contribution in [0, 0.1) is 0 Å². The molecule has 1 aliphatic rings. The minimum atomic E-state index is 0.756. The van der Waals surface area contributed by atoms with Crippen molar-refractivity contribution in [1.82, 2.24) is 29.7 Å². The molecule has 7 heteroatoms. The fraction of sp³-hybridized carbons (Fsp3) is 0.400. The quantitative estimate of drug-likeness (QED) is 0.709. The molecule has 0 saturated carbocycles. The molecule has 0 N–H and O–H groups in total. The van der Waals surface area contributed by atoms with Crippen molar-refractivity contribution in [3.05, 3.63) is 35.8 Å². The van der Waals surface area contributed by atoms with E-state index in [1.54, 1.807) is 11.0 Å². The minimum absolute atomic E-state index is 0.756. The van der Waals surface area contributed by atoms with Crippen LogP contribution in [0.3, 0.4) is 0 Å². The van der Waals surface area contributed by atoms with Crippen molar-refractivity contribution in [2.75, 3.05) is 11.4 Å². The van der Waals surface area contributed by atoms with E-state index < -0.39 is 0 Å². The number of aromatic nitrogens is 6. The molecule has 0 aliphatic carbocycles.